The number of hydrogen-bond donors (Lipinski definition) is 2. The number of carboxylic acids is 1. The molecule has 1 aliphatic rings. The van der Waals surface area contributed by atoms with Crippen LogP contribution in [0, 0.1) is 5.92 Å². The van der Waals surface area contributed by atoms with Gasteiger partial charge in [0.15, 0.2) is 0 Å². The van der Waals surface area contributed by atoms with E-state index in [-0.39, 0.29) is 5.91 Å². The number of carbonyl (C=O) groups excluding carboxylic acids is 1. The molecule has 2 rings (SSSR count). The van der Waals surface area contributed by atoms with Crippen molar-refractivity contribution in [2.45, 2.75) is 38.1 Å². The van der Waals surface area contributed by atoms with Crippen LogP contribution >= 0.6 is 0 Å². The monoisotopic (exact) mass is 261 g/mol. The second-order valence-corrected chi connectivity index (χ2v) is 5.13. The molecular weight excluding hydrogens is 242 g/mol. The predicted molar refractivity (Wildman–Crippen MR) is 71.7 cm³/mol. The van der Waals surface area contributed by atoms with Gasteiger partial charge >= 0.3 is 5.97 Å². The van der Waals surface area contributed by atoms with Crippen molar-refractivity contribution in [1.29, 1.82) is 0 Å². The first-order valence-electron chi connectivity index (χ1n) is 6.71. The molecule has 4 nitrogen and oxygen atoms in total. The highest BCUT2D eigenvalue weighted by molar-refractivity contribution is 5.83. The maximum Gasteiger partial charge on any atom is 0.326 e. The van der Waals surface area contributed by atoms with Crippen molar-refractivity contribution < 1.29 is 14.7 Å². The van der Waals surface area contributed by atoms with E-state index in [1.165, 1.54) is 0 Å². The molecule has 1 unspecified atom stereocenters. The molecule has 1 aliphatic carbocycles. The molecule has 1 amide bonds. The van der Waals surface area contributed by atoms with Crippen LogP contribution in [0.1, 0.15) is 31.2 Å². The number of nitrogens with one attached hydrogen (secondary N) is 1. The quantitative estimate of drug-likeness (QED) is 0.788. The third-order valence-corrected chi connectivity index (χ3v) is 3.37. The minimum absolute atomic E-state index is 0.136. The van der Waals surface area contributed by atoms with Crippen molar-refractivity contribution in [3.63, 3.8) is 0 Å². The molecule has 0 spiro atoms. The third-order valence-electron chi connectivity index (χ3n) is 3.37. The van der Waals surface area contributed by atoms with E-state index < -0.39 is 12.0 Å². The summed E-state index contributed by atoms with van der Waals surface area (Å²) in [4.78, 5) is 22.8. The molecule has 0 bridgehead atoms. The van der Waals surface area contributed by atoms with Gasteiger partial charge in [0.25, 0.3) is 0 Å². The van der Waals surface area contributed by atoms with Crippen LogP contribution < -0.4 is 5.32 Å². The lowest BCUT2D eigenvalue weighted by molar-refractivity contribution is -0.142. The normalized spacial score (nSPS) is 15.8. The average Bonchev–Trinajstić information content (AvgIpc) is 3.19. The fourth-order valence-corrected chi connectivity index (χ4v) is 2.05. The summed E-state index contributed by atoms with van der Waals surface area (Å²) >= 11 is 0. The summed E-state index contributed by atoms with van der Waals surface area (Å²) in [6.45, 7) is 0. The minimum atomic E-state index is -0.958. The van der Waals surface area contributed by atoms with Crippen LogP contribution in [-0.2, 0) is 16.0 Å². The maximum absolute atomic E-state index is 11.6. The lowest BCUT2D eigenvalue weighted by atomic mass is 10.1. The fraction of sp³-hybridized carbons (Fsp3) is 0.467. The van der Waals surface area contributed by atoms with Crippen molar-refractivity contribution in [3.8, 4) is 0 Å². The lowest BCUT2D eigenvalue weighted by Crippen LogP contribution is -2.41. The number of hydrogen-bond acceptors (Lipinski definition) is 2. The first kappa shape index (κ1) is 13.6. The number of benzene rings is 1. The standard InChI is InChI=1S/C15H19NO3/c17-14(10-12-6-7-12)16-13(15(18)19)9-8-11-4-2-1-3-5-11/h1-5,12-13H,6-10H2,(H,16,17)(H,18,19). The van der Waals surface area contributed by atoms with E-state index >= 15 is 0 Å². The number of amides is 1. The predicted octanol–water partition coefficient (Wildman–Crippen LogP) is 1.99. The summed E-state index contributed by atoms with van der Waals surface area (Å²) in [6.07, 6.45) is 3.73. The average molecular weight is 261 g/mol. The highest BCUT2D eigenvalue weighted by atomic mass is 16.4. The van der Waals surface area contributed by atoms with Gasteiger partial charge in [0, 0.05) is 6.42 Å². The molecule has 102 valence electrons. The van der Waals surface area contributed by atoms with Crippen LogP contribution in [0.2, 0.25) is 0 Å². The smallest absolute Gasteiger partial charge is 0.326 e. The van der Waals surface area contributed by atoms with Gasteiger partial charge in [-0.2, -0.15) is 0 Å². The molecule has 1 saturated carbocycles. The topological polar surface area (TPSA) is 66.4 Å². The molecule has 1 aromatic carbocycles. The van der Waals surface area contributed by atoms with E-state index in [0.717, 1.165) is 18.4 Å². The summed E-state index contributed by atoms with van der Waals surface area (Å²) in [5.74, 6) is -0.619. The summed E-state index contributed by atoms with van der Waals surface area (Å²) in [5, 5.41) is 11.8. The Bertz CT molecular complexity index is 440. The van der Waals surface area contributed by atoms with Crippen LogP contribution in [0.3, 0.4) is 0 Å². The molecule has 0 radical (unpaired) electrons. The number of rotatable bonds is 7. The Morgan fingerprint density at radius 2 is 1.95 bits per heavy atom. The van der Waals surface area contributed by atoms with E-state index in [1.807, 2.05) is 30.3 Å². The molecule has 0 aromatic heterocycles. The first-order chi connectivity index (χ1) is 9.15. The Hall–Kier alpha value is -1.84. The first-order valence-corrected chi connectivity index (χ1v) is 6.71. The zero-order valence-corrected chi connectivity index (χ0v) is 10.8. The molecule has 0 aliphatic heterocycles. The minimum Gasteiger partial charge on any atom is -0.480 e. The molecule has 1 aromatic rings. The van der Waals surface area contributed by atoms with Crippen molar-refractivity contribution in [1.82, 2.24) is 5.32 Å². The number of carbonyl (C=O) groups is 2. The van der Waals surface area contributed by atoms with E-state index in [1.54, 1.807) is 0 Å². The lowest BCUT2D eigenvalue weighted by Gasteiger charge is -2.14. The molecule has 0 heterocycles. The molecule has 0 saturated heterocycles. The molecule has 4 heteroatoms. The van der Waals surface area contributed by atoms with Crippen molar-refractivity contribution in [2.75, 3.05) is 0 Å². The zero-order valence-electron chi connectivity index (χ0n) is 10.8. The molecular formula is C15H19NO3. The highest BCUT2D eigenvalue weighted by Crippen LogP contribution is 2.32. The van der Waals surface area contributed by atoms with E-state index in [9.17, 15) is 9.59 Å². The largest absolute Gasteiger partial charge is 0.480 e. The van der Waals surface area contributed by atoms with Crippen LogP contribution in [0.15, 0.2) is 30.3 Å². The Kier molecular flexibility index (Phi) is 4.55. The summed E-state index contributed by atoms with van der Waals surface area (Å²) in [6, 6.07) is 8.92. The van der Waals surface area contributed by atoms with Crippen LogP contribution in [0.5, 0.6) is 0 Å². The zero-order chi connectivity index (χ0) is 13.7. The summed E-state index contributed by atoms with van der Waals surface area (Å²) in [5.41, 5.74) is 1.09. The van der Waals surface area contributed by atoms with Gasteiger partial charge in [0.1, 0.15) is 6.04 Å². The van der Waals surface area contributed by atoms with Gasteiger partial charge in [-0.05, 0) is 37.2 Å². The van der Waals surface area contributed by atoms with Crippen molar-refractivity contribution in [2.24, 2.45) is 5.92 Å². The van der Waals surface area contributed by atoms with E-state index in [0.29, 0.717) is 25.2 Å². The van der Waals surface area contributed by atoms with Gasteiger partial charge in [-0.1, -0.05) is 30.3 Å². The van der Waals surface area contributed by atoms with Gasteiger partial charge in [-0.3, -0.25) is 4.79 Å². The van der Waals surface area contributed by atoms with Crippen LogP contribution in [-0.4, -0.2) is 23.0 Å². The Balaban J connectivity index is 1.81. The molecule has 1 fully saturated rings. The van der Waals surface area contributed by atoms with Gasteiger partial charge in [-0.25, -0.2) is 4.79 Å². The summed E-state index contributed by atoms with van der Waals surface area (Å²) < 4.78 is 0. The van der Waals surface area contributed by atoms with Crippen LogP contribution in [0.4, 0.5) is 0 Å². The highest BCUT2D eigenvalue weighted by Gasteiger charge is 2.27. The number of aryl methyl sites for hydroxylation is 1. The maximum atomic E-state index is 11.6. The van der Waals surface area contributed by atoms with Gasteiger partial charge in [0.05, 0.1) is 0 Å². The van der Waals surface area contributed by atoms with Gasteiger partial charge in [0.2, 0.25) is 5.91 Å². The molecule has 2 N–H and O–H groups in total. The summed E-state index contributed by atoms with van der Waals surface area (Å²) in [7, 11) is 0. The Morgan fingerprint density at radius 1 is 1.26 bits per heavy atom. The molecule has 19 heavy (non-hydrogen) atoms. The number of aliphatic carboxylic acids is 1. The second kappa shape index (κ2) is 6.36. The Labute approximate surface area is 112 Å². The van der Waals surface area contributed by atoms with Gasteiger partial charge < -0.3 is 10.4 Å². The van der Waals surface area contributed by atoms with Crippen LogP contribution in [0.25, 0.3) is 0 Å². The second-order valence-electron chi connectivity index (χ2n) is 5.13. The molecule has 1 atom stereocenters. The van der Waals surface area contributed by atoms with E-state index in [2.05, 4.69) is 5.32 Å². The van der Waals surface area contributed by atoms with Crippen molar-refractivity contribution in [3.05, 3.63) is 35.9 Å². The number of carboxylic acid groups (broad SMARTS) is 1. The van der Waals surface area contributed by atoms with E-state index in [4.69, 9.17) is 5.11 Å². The van der Waals surface area contributed by atoms with Crippen molar-refractivity contribution >= 4 is 11.9 Å². The third kappa shape index (κ3) is 4.73. The Morgan fingerprint density at radius 3 is 2.53 bits per heavy atom. The van der Waals surface area contributed by atoms with Gasteiger partial charge in [-0.15, -0.1) is 0 Å². The SMILES string of the molecule is O=C(CC1CC1)NC(CCc1ccccc1)C(=O)O. The fourth-order valence-electron chi connectivity index (χ4n) is 2.05.